The second-order valence-corrected chi connectivity index (χ2v) is 2.17. The van der Waals surface area contributed by atoms with E-state index in [1.807, 2.05) is 0 Å². The lowest BCUT2D eigenvalue weighted by atomic mass is 10.4. The molecule has 4 heteroatoms. The van der Waals surface area contributed by atoms with Crippen molar-refractivity contribution in [3.8, 4) is 0 Å². The van der Waals surface area contributed by atoms with Gasteiger partial charge in [-0.3, -0.25) is 0 Å². The first kappa shape index (κ1) is 5.91. The molecular formula is C4H6F2O2. The Kier molecular flexibility index (Phi) is 0.766. The summed E-state index contributed by atoms with van der Waals surface area (Å²) in [6.45, 7) is 0.900. The standard InChI is InChI=1S/C4H6F2O2/c1-3(8)2(7)4(3,5)6/h2,7-8H,1H3/t2?,3-/m1/s1. The Hall–Kier alpha value is -0.220. The molecule has 2 nitrogen and oxygen atoms in total. The molecule has 0 aromatic carbocycles. The van der Waals surface area contributed by atoms with Crippen LogP contribution in [0.1, 0.15) is 6.92 Å². The molecule has 1 aliphatic rings. The first-order valence-corrected chi connectivity index (χ1v) is 2.19. The van der Waals surface area contributed by atoms with Crippen LogP contribution in [0.15, 0.2) is 0 Å². The molecule has 2 atom stereocenters. The van der Waals surface area contributed by atoms with Crippen LogP contribution in [-0.2, 0) is 0 Å². The minimum Gasteiger partial charge on any atom is -0.383 e. The number of halogens is 2. The maximum absolute atomic E-state index is 11.8. The van der Waals surface area contributed by atoms with Gasteiger partial charge >= 0.3 is 5.92 Å². The number of rotatable bonds is 0. The van der Waals surface area contributed by atoms with Gasteiger partial charge in [-0.05, 0) is 6.92 Å². The lowest BCUT2D eigenvalue weighted by molar-refractivity contribution is 0.00391. The number of hydrogen-bond donors (Lipinski definition) is 2. The summed E-state index contributed by atoms with van der Waals surface area (Å²) in [5.74, 6) is -3.28. The molecular weight excluding hydrogens is 118 g/mol. The van der Waals surface area contributed by atoms with E-state index >= 15 is 0 Å². The average molecular weight is 124 g/mol. The summed E-state index contributed by atoms with van der Waals surface area (Å²) in [5, 5.41) is 16.7. The summed E-state index contributed by atoms with van der Waals surface area (Å²) in [5.41, 5.74) is -2.17. The molecule has 1 rings (SSSR count). The fraction of sp³-hybridized carbons (Fsp3) is 1.00. The van der Waals surface area contributed by atoms with Crippen LogP contribution < -0.4 is 0 Å². The van der Waals surface area contributed by atoms with Gasteiger partial charge in [0.2, 0.25) is 0 Å². The molecule has 0 saturated heterocycles. The van der Waals surface area contributed by atoms with E-state index in [9.17, 15) is 8.78 Å². The predicted molar refractivity (Wildman–Crippen MR) is 21.6 cm³/mol. The molecule has 0 heterocycles. The van der Waals surface area contributed by atoms with Gasteiger partial charge in [-0.1, -0.05) is 0 Å². The lowest BCUT2D eigenvalue weighted by Crippen LogP contribution is -2.11. The van der Waals surface area contributed by atoms with Gasteiger partial charge in [-0.25, -0.2) is 8.78 Å². The first-order chi connectivity index (χ1) is 3.40. The maximum Gasteiger partial charge on any atom is 0.306 e. The van der Waals surface area contributed by atoms with Crippen molar-refractivity contribution in [1.29, 1.82) is 0 Å². The summed E-state index contributed by atoms with van der Waals surface area (Å²) in [6.07, 6.45) is -1.87. The quantitative estimate of drug-likeness (QED) is 0.467. The van der Waals surface area contributed by atoms with E-state index < -0.39 is 17.6 Å². The van der Waals surface area contributed by atoms with Crippen molar-refractivity contribution in [3.05, 3.63) is 0 Å². The van der Waals surface area contributed by atoms with Crippen LogP contribution in [0.5, 0.6) is 0 Å². The Labute approximate surface area is 44.7 Å². The molecule has 48 valence electrons. The second-order valence-electron chi connectivity index (χ2n) is 2.17. The van der Waals surface area contributed by atoms with Gasteiger partial charge in [0, 0.05) is 0 Å². The molecule has 1 saturated carbocycles. The van der Waals surface area contributed by atoms with Gasteiger partial charge < -0.3 is 10.2 Å². The van der Waals surface area contributed by atoms with Crippen LogP contribution in [0.25, 0.3) is 0 Å². The van der Waals surface area contributed by atoms with E-state index in [1.54, 1.807) is 0 Å². The third-order valence-corrected chi connectivity index (χ3v) is 1.47. The van der Waals surface area contributed by atoms with Crippen molar-refractivity contribution in [3.63, 3.8) is 0 Å². The third-order valence-electron chi connectivity index (χ3n) is 1.47. The Morgan fingerprint density at radius 1 is 1.50 bits per heavy atom. The van der Waals surface area contributed by atoms with Crippen LogP contribution in [0.4, 0.5) is 8.78 Å². The van der Waals surface area contributed by atoms with E-state index in [1.165, 1.54) is 0 Å². The highest BCUT2D eigenvalue weighted by atomic mass is 19.3. The smallest absolute Gasteiger partial charge is 0.306 e. The third kappa shape index (κ3) is 0.374. The highest BCUT2D eigenvalue weighted by molar-refractivity contribution is 5.18. The van der Waals surface area contributed by atoms with E-state index in [-0.39, 0.29) is 0 Å². The highest BCUT2D eigenvalue weighted by Crippen LogP contribution is 2.52. The molecule has 8 heavy (non-hydrogen) atoms. The molecule has 0 amide bonds. The van der Waals surface area contributed by atoms with Gasteiger partial charge in [0.25, 0.3) is 0 Å². The van der Waals surface area contributed by atoms with Crippen molar-refractivity contribution in [2.45, 2.75) is 24.6 Å². The molecule has 0 bridgehead atoms. The van der Waals surface area contributed by atoms with Crippen molar-refractivity contribution in [2.75, 3.05) is 0 Å². The van der Waals surface area contributed by atoms with Gasteiger partial charge in [0.15, 0.2) is 11.7 Å². The van der Waals surface area contributed by atoms with Gasteiger partial charge in [0.1, 0.15) is 0 Å². The zero-order valence-corrected chi connectivity index (χ0v) is 4.23. The van der Waals surface area contributed by atoms with E-state index in [4.69, 9.17) is 10.2 Å². The van der Waals surface area contributed by atoms with Crippen molar-refractivity contribution < 1.29 is 19.0 Å². The normalized spacial score (nSPS) is 51.4. The maximum atomic E-state index is 11.8. The molecule has 1 unspecified atom stereocenters. The van der Waals surface area contributed by atoms with Gasteiger partial charge in [-0.2, -0.15) is 0 Å². The molecule has 2 N–H and O–H groups in total. The van der Waals surface area contributed by atoms with Crippen LogP contribution in [-0.4, -0.2) is 27.8 Å². The van der Waals surface area contributed by atoms with E-state index in [2.05, 4.69) is 0 Å². The molecule has 1 aliphatic carbocycles. The highest BCUT2D eigenvalue weighted by Gasteiger charge is 2.78. The predicted octanol–water partition coefficient (Wildman–Crippen LogP) is -0.253. The van der Waals surface area contributed by atoms with Crippen LogP contribution in [0.2, 0.25) is 0 Å². The van der Waals surface area contributed by atoms with Crippen molar-refractivity contribution in [1.82, 2.24) is 0 Å². The molecule has 0 aromatic rings. The van der Waals surface area contributed by atoms with E-state index in [0.717, 1.165) is 6.92 Å². The minimum atomic E-state index is -3.28. The van der Waals surface area contributed by atoms with E-state index in [0.29, 0.717) is 0 Å². The summed E-state index contributed by atoms with van der Waals surface area (Å²) in [6, 6.07) is 0. The Morgan fingerprint density at radius 3 is 1.62 bits per heavy atom. The summed E-state index contributed by atoms with van der Waals surface area (Å²) in [4.78, 5) is 0. The SMILES string of the molecule is C[C@@]1(O)C(O)C1(F)F. The zero-order valence-electron chi connectivity index (χ0n) is 4.23. The van der Waals surface area contributed by atoms with Crippen LogP contribution in [0.3, 0.4) is 0 Å². The summed E-state index contributed by atoms with van der Waals surface area (Å²) >= 11 is 0. The fourth-order valence-electron chi connectivity index (χ4n) is 0.496. The largest absolute Gasteiger partial charge is 0.383 e. The molecule has 0 aromatic heterocycles. The molecule has 1 fully saturated rings. The number of hydrogen-bond acceptors (Lipinski definition) is 2. The number of aliphatic hydroxyl groups is 2. The van der Waals surface area contributed by atoms with Crippen molar-refractivity contribution >= 4 is 0 Å². The zero-order chi connectivity index (χ0) is 6.58. The van der Waals surface area contributed by atoms with Crippen LogP contribution in [0, 0.1) is 0 Å². The number of aliphatic hydroxyl groups excluding tert-OH is 1. The second kappa shape index (κ2) is 1.04. The van der Waals surface area contributed by atoms with Crippen molar-refractivity contribution in [2.24, 2.45) is 0 Å². The summed E-state index contributed by atoms with van der Waals surface area (Å²) in [7, 11) is 0. The minimum absolute atomic E-state index is 0.900. The van der Waals surface area contributed by atoms with Gasteiger partial charge in [0.05, 0.1) is 0 Å². The van der Waals surface area contributed by atoms with Gasteiger partial charge in [-0.15, -0.1) is 0 Å². The van der Waals surface area contributed by atoms with Crippen LogP contribution >= 0.6 is 0 Å². The molecule has 0 aliphatic heterocycles. The lowest BCUT2D eigenvalue weighted by Gasteiger charge is -1.94. The topological polar surface area (TPSA) is 40.5 Å². The number of alkyl halides is 2. The molecule has 0 radical (unpaired) electrons. The Morgan fingerprint density at radius 2 is 1.62 bits per heavy atom. The average Bonchev–Trinajstić information content (AvgIpc) is 1.88. The Bertz CT molecular complexity index is 107. The first-order valence-electron chi connectivity index (χ1n) is 2.19. The fourth-order valence-corrected chi connectivity index (χ4v) is 0.496. The Balaban J connectivity index is 2.72. The molecule has 0 spiro atoms. The monoisotopic (exact) mass is 124 g/mol. The summed E-state index contributed by atoms with van der Waals surface area (Å²) < 4.78 is 23.6.